The fraction of sp³-hybridized carbons (Fsp3) is 0.238. The molecule has 0 aliphatic carbocycles. The minimum absolute atomic E-state index is 0.0184. The van der Waals surface area contributed by atoms with Crippen LogP contribution in [0.2, 0.25) is 0 Å². The minimum atomic E-state index is -4.06. The van der Waals surface area contributed by atoms with Gasteiger partial charge in [-0.3, -0.25) is 4.72 Å². The third-order valence-electron chi connectivity index (χ3n) is 4.87. The zero-order valence-corrected chi connectivity index (χ0v) is 18.2. The van der Waals surface area contributed by atoms with Crippen molar-refractivity contribution in [3.05, 3.63) is 61.1 Å². The second kappa shape index (κ2) is 8.68. The van der Waals surface area contributed by atoms with Crippen molar-refractivity contribution in [2.24, 2.45) is 0 Å². The Labute approximate surface area is 181 Å². The molecule has 0 aliphatic heterocycles. The van der Waals surface area contributed by atoms with E-state index in [9.17, 15) is 13.5 Å². The number of hydrogen-bond donors (Lipinski definition) is 2. The second-order valence-electron chi connectivity index (χ2n) is 7.27. The molecule has 31 heavy (non-hydrogen) atoms. The lowest BCUT2D eigenvalue weighted by molar-refractivity contribution is 0.397. The first-order valence-electron chi connectivity index (χ1n) is 9.47. The van der Waals surface area contributed by atoms with Crippen LogP contribution in [0.1, 0.15) is 32.8 Å². The number of nitrogens with one attached hydrogen (secondary N) is 1. The molecule has 162 valence electrons. The summed E-state index contributed by atoms with van der Waals surface area (Å²) in [5.41, 5.74) is 0.936. The molecule has 0 unspecified atom stereocenters. The predicted molar refractivity (Wildman–Crippen MR) is 116 cm³/mol. The van der Waals surface area contributed by atoms with Gasteiger partial charge >= 0.3 is 0 Å². The summed E-state index contributed by atoms with van der Waals surface area (Å²) >= 11 is 0. The van der Waals surface area contributed by atoms with Crippen molar-refractivity contribution in [2.75, 3.05) is 4.72 Å². The summed E-state index contributed by atoms with van der Waals surface area (Å²) in [6.07, 6.45) is 4.91. The topological polar surface area (TPSA) is 127 Å². The van der Waals surface area contributed by atoms with E-state index in [1.165, 1.54) is 24.5 Å². The van der Waals surface area contributed by atoms with Crippen LogP contribution in [0.4, 0.5) is 5.82 Å². The smallest absolute Gasteiger partial charge is 0.267 e. The van der Waals surface area contributed by atoms with Crippen LogP contribution in [0.3, 0.4) is 0 Å². The Morgan fingerprint density at radius 2 is 1.77 bits per heavy atom. The predicted octanol–water partition coefficient (Wildman–Crippen LogP) is 3.65. The van der Waals surface area contributed by atoms with Gasteiger partial charge in [-0.2, -0.15) is 4.98 Å². The molecular formula is C21H23N5O4S. The van der Waals surface area contributed by atoms with Crippen LogP contribution in [0.15, 0.2) is 60.5 Å². The molecule has 2 N–H and O–H groups in total. The number of ether oxygens (including phenoxy) is 1. The molecule has 9 nitrogen and oxygen atoms in total. The molecule has 0 spiro atoms. The van der Waals surface area contributed by atoms with Gasteiger partial charge < -0.3 is 9.84 Å². The van der Waals surface area contributed by atoms with Crippen molar-refractivity contribution in [2.45, 2.75) is 37.5 Å². The molecule has 0 fully saturated rings. The van der Waals surface area contributed by atoms with Gasteiger partial charge in [-0.25, -0.2) is 23.4 Å². The Balaban J connectivity index is 2.00. The Kier molecular flexibility index (Phi) is 6.21. The van der Waals surface area contributed by atoms with Gasteiger partial charge in [-0.15, -0.1) is 0 Å². The third kappa shape index (κ3) is 4.80. The van der Waals surface area contributed by atoms with Crippen molar-refractivity contribution in [1.82, 2.24) is 19.9 Å². The summed E-state index contributed by atoms with van der Waals surface area (Å²) in [6, 6.07) is 8.17. The number of nitrogens with zero attached hydrogens (tertiary/aromatic N) is 4. The molecule has 3 aromatic rings. The maximum absolute atomic E-state index is 12.9. The molecular weight excluding hydrogens is 418 g/mol. The number of sulfonamides is 1. The lowest BCUT2D eigenvalue weighted by Gasteiger charge is -2.23. The van der Waals surface area contributed by atoms with E-state index in [-0.39, 0.29) is 33.7 Å². The van der Waals surface area contributed by atoms with Gasteiger partial charge in [-0.1, -0.05) is 39.5 Å². The van der Waals surface area contributed by atoms with Crippen molar-refractivity contribution < 1.29 is 18.3 Å². The second-order valence-corrected chi connectivity index (χ2v) is 8.96. The highest BCUT2D eigenvalue weighted by molar-refractivity contribution is 7.92. The molecule has 0 saturated heterocycles. The van der Waals surface area contributed by atoms with Gasteiger partial charge in [0.1, 0.15) is 0 Å². The largest absolute Gasteiger partial charge is 0.501 e. The highest BCUT2D eigenvalue weighted by Gasteiger charge is 2.24. The maximum Gasteiger partial charge on any atom is 0.267 e. The molecule has 2 heterocycles. The first kappa shape index (κ1) is 22.2. The molecule has 0 amide bonds. The number of aromatic nitrogens is 4. The Morgan fingerprint density at radius 1 is 1.13 bits per heavy atom. The van der Waals surface area contributed by atoms with E-state index in [0.717, 1.165) is 18.2 Å². The summed E-state index contributed by atoms with van der Waals surface area (Å²) in [7, 11) is -4.06. The van der Waals surface area contributed by atoms with Crippen LogP contribution < -0.4 is 9.46 Å². The van der Waals surface area contributed by atoms with Gasteiger partial charge in [-0.05, 0) is 35.6 Å². The SMILES string of the molecule is C=COc1nc(-c2ncccn2)nc(NS(=O)(=O)c2ccc(C(C)(C)CC)cc2)c1O. The summed E-state index contributed by atoms with van der Waals surface area (Å²) in [5, 5.41) is 10.4. The Bertz CT molecular complexity index is 1180. The highest BCUT2D eigenvalue weighted by Crippen LogP contribution is 2.34. The van der Waals surface area contributed by atoms with Crippen LogP contribution in [-0.4, -0.2) is 33.5 Å². The quantitative estimate of drug-likeness (QED) is 0.507. The summed E-state index contributed by atoms with van der Waals surface area (Å²) in [4.78, 5) is 16.2. The monoisotopic (exact) mass is 441 g/mol. The number of hydrogen-bond acceptors (Lipinski definition) is 8. The fourth-order valence-electron chi connectivity index (χ4n) is 2.66. The molecule has 3 rings (SSSR count). The van der Waals surface area contributed by atoms with Crippen molar-refractivity contribution in [1.29, 1.82) is 0 Å². The lowest BCUT2D eigenvalue weighted by atomic mass is 9.82. The summed E-state index contributed by atoms with van der Waals surface area (Å²) in [5.74, 6) is -1.15. The molecule has 0 bridgehead atoms. The minimum Gasteiger partial charge on any atom is -0.501 e. The first-order valence-corrected chi connectivity index (χ1v) is 11.0. The zero-order chi connectivity index (χ0) is 22.6. The van der Waals surface area contributed by atoms with Gasteiger partial charge in [0.05, 0.1) is 11.2 Å². The van der Waals surface area contributed by atoms with Crippen LogP contribution in [-0.2, 0) is 15.4 Å². The molecule has 0 radical (unpaired) electrons. The standard InChI is InChI=1S/C21H23N5O4S/c1-5-21(3,4)14-8-10-15(11-9-14)31(28,29)26-17-16(27)20(30-6-2)25-19(24-17)18-22-12-7-13-23-18/h6-13,27H,2,5H2,1,3-4H3,(H,24,25,26). The van der Waals surface area contributed by atoms with E-state index < -0.39 is 15.8 Å². The van der Waals surface area contributed by atoms with Crippen molar-refractivity contribution in [3.63, 3.8) is 0 Å². The average molecular weight is 442 g/mol. The lowest BCUT2D eigenvalue weighted by Crippen LogP contribution is -2.17. The molecule has 10 heteroatoms. The van der Waals surface area contributed by atoms with E-state index in [1.54, 1.807) is 18.2 Å². The summed E-state index contributed by atoms with van der Waals surface area (Å²) < 4.78 is 33.2. The third-order valence-corrected chi connectivity index (χ3v) is 6.23. The van der Waals surface area contributed by atoms with Gasteiger partial charge in [0, 0.05) is 12.4 Å². The summed E-state index contributed by atoms with van der Waals surface area (Å²) in [6.45, 7) is 9.66. The highest BCUT2D eigenvalue weighted by atomic mass is 32.2. The molecule has 0 aliphatic rings. The fourth-order valence-corrected chi connectivity index (χ4v) is 3.67. The van der Waals surface area contributed by atoms with Gasteiger partial charge in [0.25, 0.3) is 15.9 Å². The van der Waals surface area contributed by atoms with E-state index in [0.29, 0.717) is 0 Å². The van der Waals surface area contributed by atoms with Crippen molar-refractivity contribution >= 4 is 15.8 Å². The van der Waals surface area contributed by atoms with E-state index in [2.05, 4.69) is 52.0 Å². The normalized spacial score (nSPS) is 11.7. The maximum atomic E-state index is 12.9. The number of rotatable bonds is 8. The van der Waals surface area contributed by atoms with E-state index in [4.69, 9.17) is 4.74 Å². The van der Waals surface area contributed by atoms with E-state index in [1.807, 2.05) is 0 Å². The molecule has 0 atom stereocenters. The number of anilines is 1. The Morgan fingerprint density at radius 3 is 2.35 bits per heavy atom. The molecule has 2 aromatic heterocycles. The molecule has 1 aromatic carbocycles. The average Bonchev–Trinajstić information content (AvgIpc) is 2.77. The van der Waals surface area contributed by atoms with Crippen LogP contribution in [0.25, 0.3) is 11.6 Å². The van der Waals surface area contributed by atoms with Gasteiger partial charge in [0.15, 0.2) is 11.6 Å². The zero-order valence-electron chi connectivity index (χ0n) is 17.4. The number of benzene rings is 1. The van der Waals surface area contributed by atoms with Crippen molar-refractivity contribution in [3.8, 4) is 23.3 Å². The van der Waals surface area contributed by atoms with Crippen LogP contribution >= 0.6 is 0 Å². The van der Waals surface area contributed by atoms with Crippen LogP contribution in [0.5, 0.6) is 11.6 Å². The van der Waals surface area contributed by atoms with Crippen LogP contribution in [0, 0.1) is 0 Å². The van der Waals surface area contributed by atoms with Gasteiger partial charge in [0.2, 0.25) is 11.6 Å². The number of aromatic hydroxyl groups is 1. The Hall–Kier alpha value is -3.53. The van der Waals surface area contributed by atoms with E-state index >= 15 is 0 Å². The molecule has 0 saturated carbocycles. The first-order chi connectivity index (χ1) is 14.7.